The molecule has 0 aliphatic carbocycles. The molecule has 0 spiro atoms. The SMILES string of the molecule is Cc1ccc(S(=O)(=O)NCC(=O)OCC(=O)N2C[C@@H](C)O[C@H](C)C2)cc1. The highest BCUT2D eigenvalue weighted by atomic mass is 32.2. The fraction of sp³-hybridized carbons (Fsp3) is 0.529. The number of nitrogens with zero attached hydrogens (tertiary/aromatic N) is 1. The fourth-order valence-electron chi connectivity index (χ4n) is 2.62. The molecule has 1 N–H and O–H groups in total. The largest absolute Gasteiger partial charge is 0.455 e. The smallest absolute Gasteiger partial charge is 0.321 e. The van der Waals surface area contributed by atoms with E-state index in [1.54, 1.807) is 17.0 Å². The zero-order valence-electron chi connectivity index (χ0n) is 15.1. The van der Waals surface area contributed by atoms with E-state index in [-0.39, 0.29) is 23.0 Å². The Morgan fingerprint density at radius 2 is 1.77 bits per heavy atom. The lowest BCUT2D eigenvalue weighted by atomic mass is 10.2. The van der Waals surface area contributed by atoms with E-state index >= 15 is 0 Å². The van der Waals surface area contributed by atoms with Crippen molar-refractivity contribution in [2.45, 2.75) is 37.9 Å². The normalized spacial score (nSPS) is 20.7. The summed E-state index contributed by atoms with van der Waals surface area (Å²) in [6.07, 6.45) is -0.167. The molecule has 0 saturated carbocycles. The van der Waals surface area contributed by atoms with Gasteiger partial charge < -0.3 is 14.4 Å². The molecule has 1 saturated heterocycles. The molecule has 0 bridgehead atoms. The molecule has 0 unspecified atom stereocenters. The van der Waals surface area contributed by atoms with Gasteiger partial charge in [-0.3, -0.25) is 9.59 Å². The second-order valence-electron chi connectivity index (χ2n) is 6.35. The number of aryl methyl sites for hydroxylation is 1. The lowest BCUT2D eigenvalue weighted by Gasteiger charge is -2.35. The maximum absolute atomic E-state index is 12.1. The van der Waals surface area contributed by atoms with Gasteiger partial charge >= 0.3 is 5.97 Å². The van der Waals surface area contributed by atoms with Gasteiger partial charge in [-0.05, 0) is 32.9 Å². The summed E-state index contributed by atoms with van der Waals surface area (Å²) in [7, 11) is -3.81. The van der Waals surface area contributed by atoms with Crippen molar-refractivity contribution in [3.05, 3.63) is 29.8 Å². The second kappa shape index (κ2) is 8.61. The molecule has 1 aliphatic rings. The molecular weight excluding hydrogens is 360 g/mol. The van der Waals surface area contributed by atoms with E-state index in [0.717, 1.165) is 5.56 Å². The van der Waals surface area contributed by atoms with E-state index in [4.69, 9.17) is 9.47 Å². The van der Waals surface area contributed by atoms with Crippen molar-refractivity contribution < 1.29 is 27.5 Å². The number of hydrogen-bond donors (Lipinski definition) is 1. The molecule has 8 nitrogen and oxygen atoms in total. The minimum absolute atomic E-state index is 0.0586. The summed E-state index contributed by atoms with van der Waals surface area (Å²) in [4.78, 5) is 25.5. The number of sulfonamides is 1. The highest BCUT2D eigenvalue weighted by molar-refractivity contribution is 7.89. The first-order chi connectivity index (χ1) is 12.2. The lowest BCUT2D eigenvalue weighted by molar-refractivity contribution is -0.156. The number of carbonyl (C=O) groups excluding carboxylic acids is 2. The van der Waals surface area contributed by atoms with Crippen molar-refractivity contribution in [3.63, 3.8) is 0 Å². The minimum atomic E-state index is -3.81. The van der Waals surface area contributed by atoms with Crippen molar-refractivity contribution in [2.24, 2.45) is 0 Å². The Hall–Kier alpha value is -1.97. The van der Waals surface area contributed by atoms with Gasteiger partial charge in [-0.2, -0.15) is 4.72 Å². The van der Waals surface area contributed by atoms with Gasteiger partial charge in [0.2, 0.25) is 10.0 Å². The summed E-state index contributed by atoms with van der Waals surface area (Å²) in [5.74, 6) is -1.15. The molecule has 1 aromatic carbocycles. The number of hydrogen-bond acceptors (Lipinski definition) is 6. The van der Waals surface area contributed by atoms with E-state index in [9.17, 15) is 18.0 Å². The van der Waals surface area contributed by atoms with Crippen molar-refractivity contribution >= 4 is 21.9 Å². The maximum Gasteiger partial charge on any atom is 0.321 e. The van der Waals surface area contributed by atoms with Crippen LogP contribution in [0.3, 0.4) is 0 Å². The number of esters is 1. The van der Waals surface area contributed by atoms with Crippen LogP contribution in [-0.4, -0.2) is 63.6 Å². The van der Waals surface area contributed by atoms with Crippen molar-refractivity contribution in [2.75, 3.05) is 26.2 Å². The van der Waals surface area contributed by atoms with E-state index in [0.29, 0.717) is 13.1 Å². The zero-order valence-corrected chi connectivity index (χ0v) is 15.9. The summed E-state index contributed by atoms with van der Waals surface area (Å²) in [5, 5.41) is 0. The monoisotopic (exact) mass is 384 g/mol. The van der Waals surface area contributed by atoms with E-state index in [1.165, 1.54) is 12.1 Å². The first-order valence-corrected chi connectivity index (χ1v) is 9.81. The molecule has 144 valence electrons. The van der Waals surface area contributed by atoms with Crippen LogP contribution >= 0.6 is 0 Å². The van der Waals surface area contributed by atoms with E-state index in [1.807, 2.05) is 20.8 Å². The molecule has 0 aromatic heterocycles. The summed E-state index contributed by atoms with van der Waals surface area (Å²) in [6, 6.07) is 6.23. The van der Waals surface area contributed by atoms with Crippen LogP contribution < -0.4 is 4.72 Å². The van der Waals surface area contributed by atoms with Crippen LogP contribution in [0, 0.1) is 6.92 Å². The number of morpholine rings is 1. The summed E-state index contributed by atoms with van der Waals surface area (Å²) in [6.45, 7) is 5.46. The van der Waals surface area contributed by atoms with Gasteiger partial charge in [0.1, 0.15) is 6.54 Å². The summed E-state index contributed by atoms with van der Waals surface area (Å²) in [5.41, 5.74) is 0.925. The number of amides is 1. The average Bonchev–Trinajstić information content (AvgIpc) is 2.57. The Morgan fingerprint density at radius 1 is 1.19 bits per heavy atom. The highest BCUT2D eigenvalue weighted by Crippen LogP contribution is 2.11. The zero-order chi connectivity index (χ0) is 19.3. The van der Waals surface area contributed by atoms with Crippen LogP contribution in [0.2, 0.25) is 0 Å². The molecule has 1 aromatic rings. The third-order valence-corrected chi connectivity index (χ3v) is 5.28. The van der Waals surface area contributed by atoms with Crippen molar-refractivity contribution in [1.82, 2.24) is 9.62 Å². The Morgan fingerprint density at radius 3 is 2.35 bits per heavy atom. The number of rotatable bonds is 6. The van der Waals surface area contributed by atoms with E-state index < -0.39 is 29.1 Å². The van der Waals surface area contributed by atoms with Gasteiger partial charge in [-0.1, -0.05) is 17.7 Å². The highest BCUT2D eigenvalue weighted by Gasteiger charge is 2.26. The maximum atomic E-state index is 12.1. The second-order valence-corrected chi connectivity index (χ2v) is 8.12. The number of nitrogens with one attached hydrogen (secondary N) is 1. The van der Waals surface area contributed by atoms with Crippen LogP contribution in [-0.2, 0) is 29.1 Å². The molecule has 2 rings (SSSR count). The Balaban J connectivity index is 1.79. The predicted molar refractivity (Wildman–Crippen MR) is 93.9 cm³/mol. The van der Waals surface area contributed by atoms with Gasteiger partial charge in [0, 0.05) is 13.1 Å². The molecule has 1 amide bonds. The van der Waals surface area contributed by atoms with Gasteiger partial charge in [-0.25, -0.2) is 8.42 Å². The molecule has 0 radical (unpaired) electrons. The summed E-state index contributed by atoms with van der Waals surface area (Å²) >= 11 is 0. The first kappa shape index (κ1) is 20.3. The molecule has 9 heteroatoms. The molecule has 2 atom stereocenters. The number of ether oxygens (including phenoxy) is 2. The molecule has 1 aliphatic heterocycles. The quantitative estimate of drug-likeness (QED) is 0.715. The van der Waals surface area contributed by atoms with Gasteiger partial charge in [0.15, 0.2) is 6.61 Å². The Kier molecular flexibility index (Phi) is 6.74. The fourth-order valence-corrected chi connectivity index (χ4v) is 3.59. The minimum Gasteiger partial charge on any atom is -0.455 e. The van der Waals surface area contributed by atoms with Crippen LogP contribution in [0.15, 0.2) is 29.2 Å². The number of carbonyl (C=O) groups is 2. The lowest BCUT2D eigenvalue weighted by Crippen LogP contribution is -2.49. The standard InChI is InChI=1S/C17H24N2O6S/c1-12-4-6-15(7-5-12)26(22,23)18-8-17(21)24-11-16(20)19-9-13(2)25-14(3)10-19/h4-7,13-14,18H,8-11H2,1-3H3/t13-,14-/m1/s1. The molecule has 1 fully saturated rings. The average molecular weight is 384 g/mol. The Labute approximate surface area is 153 Å². The van der Waals surface area contributed by atoms with Crippen LogP contribution in [0.4, 0.5) is 0 Å². The van der Waals surface area contributed by atoms with Crippen molar-refractivity contribution in [3.8, 4) is 0 Å². The molecule has 26 heavy (non-hydrogen) atoms. The third kappa shape index (κ3) is 5.79. The first-order valence-electron chi connectivity index (χ1n) is 8.32. The third-order valence-electron chi connectivity index (χ3n) is 3.87. The van der Waals surface area contributed by atoms with Gasteiger partial charge in [-0.15, -0.1) is 0 Å². The molecule has 1 heterocycles. The van der Waals surface area contributed by atoms with Gasteiger partial charge in [0.05, 0.1) is 17.1 Å². The molecular formula is C17H24N2O6S. The predicted octanol–water partition coefficient (Wildman–Crippen LogP) is 0.452. The Bertz CT molecular complexity index is 737. The van der Waals surface area contributed by atoms with E-state index in [2.05, 4.69) is 4.72 Å². The summed E-state index contributed by atoms with van der Waals surface area (Å²) < 4.78 is 36.8. The number of benzene rings is 1. The van der Waals surface area contributed by atoms with Crippen LogP contribution in [0.1, 0.15) is 19.4 Å². The van der Waals surface area contributed by atoms with Crippen molar-refractivity contribution in [1.29, 1.82) is 0 Å². The van der Waals surface area contributed by atoms with Gasteiger partial charge in [0.25, 0.3) is 5.91 Å². The van der Waals surface area contributed by atoms with Crippen LogP contribution in [0.25, 0.3) is 0 Å². The topological polar surface area (TPSA) is 102 Å². The van der Waals surface area contributed by atoms with Crippen LogP contribution in [0.5, 0.6) is 0 Å².